The Morgan fingerprint density at radius 1 is 1.47 bits per heavy atom. The van der Waals surface area contributed by atoms with Crippen LogP contribution in [0.4, 0.5) is 0 Å². The number of hydrogen-bond donors (Lipinski definition) is 3. The molecule has 1 aliphatic rings. The van der Waals surface area contributed by atoms with Gasteiger partial charge in [-0.1, -0.05) is 0 Å². The lowest BCUT2D eigenvalue weighted by Gasteiger charge is -2.20. The Morgan fingerprint density at radius 3 is 2.65 bits per heavy atom. The van der Waals surface area contributed by atoms with Crippen LogP contribution in [0.5, 0.6) is 0 Å². The second-order valence-corrected chi connectivity index (χ2v) is 4.83. The van der Waals surface area contributed by atoms with Crippen molar-refractivity contribution in [3.05, 3.63) is 17.0 Å². The zero-order chi connectivity index (χ0) is 12.5. The van der Waals surface area contributed by atoms with Crippen LogP contribution in [-0.2, 0) is 11.3 Å². The predicted molar refractivity (Wildman–Crippen MR) is 63.3 cm³/mol. The van der Waals surface area contributed by atoms with E-state index in [1.54, 1.807) is 0 Å². The molecule has 0 aliphatic heterocycles. The summed E-state index contributed by atoms with van der Waals surface area (Å²) in [5, 5.41) is 19.8. The van der Waals surface area contributed by atoms with Gasteiger partial charge in [-0.3, -0.25) is 9.89 Å². The summed E-state index contributed by atoms with van der Waals surface area (Å²) in [5.74, 6) is -0.255. The van der Waals surface area contributed by atoms with E-state index in [4.69, 9.17) is 0 Å². The SMILES string of the molecule is Cc1n[nH]c(C)c1CNC(=O)C1(O)CCCC1. The van der Waals surface area contributed by atoms with E-state index in [1.165, 1.54) is 0 Å². The molecule has 1 fully saturated rings. The summed E-state index contributed by atoms with van der Waals surface area (Å²) < 4.78 is 0. The summed E-state index contributed by atoms with van der Waals surface area (Å²) in [7, 11) is 0. The minimum Gasteiger partial charge on any atom is -0.380 e. The van der Waals surface area contributed by atoms with Crippen LogP contribution in [0.2, 0.25) is 0 Å². The third-order valence-electron chi connectivity index (χ3n) is 3.56. The molecule has 1 amide bonds. The standard InChI is InChI=1S/C12H19N3O2/c1-8-10(9(2)15-14-8)7-13-11(16)12(17)5-3-4-6-12/h17H,3-7H2,1-2H3,(H,13,16)(H,14,15). The van der Waals surface area contributed by atoms with Crippen molar-refractivity contribution in [3.63, 3.8) is 0 Å². The van der Waals surface area contributed by atoms with Gasteiger partial charge in [0.15, 0.2) is 0 Å². The van der Waals surface area contributed by atoms with E-state index in [-0.39, 0.29) is 5.91 Å². The highest BCUT2D eigenvalue weighted by molar-refractivity contribution is 5.85. The van der Waals surface area contributed by atoms with Crippen molar-refractivity contribution in [2.75, 3.05) is 0 Å². The predicted octanol–water partition coefficient (Wildman–Crippen LogP) is 0.948. The lowest BCUT2D eigenvalue weighted by Crippen LogP contribution is -2.44. The minimum absolute atomic E-state index is 0.255. The molecule has 1 heterocycles. The van der Waals surface area contributed by atoms with Gasteiger partial charge in [0.1, 0.15) is 5.60 Å². The Morgan fingerprint density at radius 2 is 2.12 bits per heavy atom. The van der Waals surface area contributed by atoms with E-state index in [2.05, 4.69) is 15.5 Å². The molecule has 3 N–H and O–H groups in total. The van der Waals surface area contributed by atoms with E-state index in [0.29, 0.717) is 19.4 Å². The molecule has 0 unspecified atom stereocenters. The molecule has 94 valence electrons. The molecule has 0 saturated heterocycles. The molecule has 5 heteroatoms. The molecule has 0 aromatic carbocycles. The number of aliphatic hydroxyl groups is 1. The van der Waals surface area contributed by atoms with Crippen LogP contribution in [0.15, 0.2) is 0 Å². The maximum absolute atomic E-state index is 11.9. The Labute approximate surface area is 101 Å². The maximum atomic E-state index is 11.9. The quantitative estimate of drug-likeness (QED) is 0.732. The number of carbonyl (C=O) groups is 1. The molecule has 1 saturated carbocycles. The fraction of sp³-hybridized carbons (Fsp3) is 0.667. The number of H-pyrrole nitrogens is 1. The first-order valence-corrected chi connectivity index (χ1v) is 6.04. The van der Waals surface area contributed by atoms with Crippen molar-refractivity contribution >= 4 is 5.91 Å². The number of nitrogens with one attached hydrogen (secondary N) is 2. The number of nitrogens with zero attached hydrogens (tertiary/aromatic N) is 1. The summed E-state index contributed by atoms with van der Waals surface area (Å²) in [4.78, 5) is 11.9. The van der Waals surface area contributed by atoms with Crippen LogP contribution in [0.3, 0.4) is 0 Å². The van der Waals surface area contributed by atoms with Crippen molar-refractivity contribution in [1.29, 1.82) is 0 Å². The van der Waals surface area contributed by atoms with Crippen LogP contribution >= 0.6 is 0 Å². The van der Waals surface area contributed by atoms with Gasteiger partial charge >= 0.3 is 0 Å². The zero-order valence-corrected chi connectivity index (χ0v) is 10.3. The van der Waals surface area contributed by atoms with Gasteiger partial charge in [0.05, 0.1) is 5.69 Å². The number of rotatable bonds is 3. The fourth-order valence-corrected chi connectivity index (χ4v) is 2.35. The van der Waals surface area contributed by atoms with Gasteiger partial charge in [-0.2, -0.15) is 5.10 Å². The molecule has 1 aromatic rings. The summed E-state index contributed by atoms with van der Waals surface area (Å²) in [5.41, 5.74) is 1.70. The van der Waals surface area contributed by atoms with Crippen LogP contribution in [0.1, 0.15) is 42.6 Å². The van der Waals surface area contributed by atoms with E-state index in [9.17, 15) is 9.90 Å². The average Bonchev–Trinajstić information content (AvgIpc) is 2.85. The average molecular weight is 237 g/mol. The van der Waals surface area contributed by atoms with Gasteiger partial charge in [-0.25, -0.2) is 0 Å². The third-order valence-corrected chi connectivity index (χ3v) is 3.56. The third kappa shape index (κ3) is 2.34. The molecule has 1 aromatic heterocycles. The Bertz CT molecular complexity index is 400. The lowest BCUT2D eigenvalue weighted by atomic mass is 10.0. The molecule has 0 radical (unpaired) electrons. The van der Waals surface area contributed by atoms with E-state index < -0.39 is 5.60 Å². The highest BCUT2D eigenvalue weighted by atomic mass is 16.3. The Kier molecular flexibility index (Phi) is 3.19. The summed E-state index contributed by atoms with van der Waals surface area (Å²) in [6.45, 7) is 4.25. The van der Waals surface area contributed by atoms with Gasteiger partial charge in [0, 0.05) is 17.8 Å². The van der Waals surface area contributed by atoms with Gasteiger partial charge < -0.3 is 10.4 Å². The van der Waals surface area contributed by atoms with Crippen LogP contribution in [0.25, 0.3) is 0 Å². The molecular weight excluding hydrogens is 218 g/mol. The van der Waals surface area contributed by atoms with E-state index >= 15 is 0 Å². The van der Waals surface area contributed by atoms with Crippen LogP contribution in [0, 0.1) is 13.8 Å². The molecule has 5 nitrogen and oxygen atoms in total. The smallest absolute Gasteiger partial charge is 0.252 e. The van der Waals surface area contributed by atoms with Gasteiger partial charge in [-0.05, 0) is 39.5 Å². The minimum atomic E-state index is -1.15. The van der Waals surface area contributed by atoms with Gasteiger partial charge in [-0.15, -0.1) is 0 Å². The van der Waals surface area contributed by atoms with Crippen molar-refractivity contribution in [2.45, 2.75) is 51.7 Å². The Balaban J connectivity index is 1.97. The highest BCUT2D eigenvalue weighted by Crippen LogP contribution is 2.29. The number of carbonyl (C=O) groups excluding carboxylic acids is 1. The molecular formula is C12H19N3O2. The van der Waals surface area contributed by atoms with Gasteiger partial charge in [0.2, 0.25) is 0 Å². The first kappa shape index (κ1) is 12.1. The second-order valence-electron chi connectivity index (χ2n) is 4.83. The lowest BCUT2D eigenvalue weighted by molar-refractivity contribution is -0.139. The first-order valence-electron chi connectivity index (χ1n) is 6.04. The van der Waals surface area contributed by atoms with E-state index in [0.717, 1.165) is 29.8 Å². The largest absolute Gasteiger partial charge is 0.380 e. The number of aromatic nitrogens is 2. The van der Waals surface area contributed by atoms with Crippen molar-refractivity contribution in [1.82, 2.24) is 15.5 Å². The molecule has 0 atom stereocenters. The Hall–Kier alpha value is -1.36. The molecule has 1 aliphatic carbocycles. The van der Waals surface area contributed by atoms with Crippen molar-refractivity contribution in [3.8, 4) is 0 Å². The fourth-order valence-electron chi connectivity index (χ4n) is 2.35. The van der Waals surface area contributed by atoms with Crippen LogP contribution < -0.4 is 5.32 Å². The van der Waals surface area contributed by atoms with Gasteiger partial charge in [0.25, 0.3) is 5.91 Å². The number of amides is 1. The van der Waals surface area contributed by atoms with Crippen molar-refractivity contribution in [2.24, 2.45) is 0 Å². The normalized spacial score (nSPS) is 18.3. The maximum Gasteiger partial charge on any atom is 0.252 e. The highest BCUT2D eigenvalue weighted by Gasteiger charge is 2.38. The molecule has 2 rings (SSSR count). The molecule has 0 bridgehead atoms. The number of aromatic amines is 1. The first-order chi connectivity index (χ1) is 8.03. The number of aryl methyl sites for hydroxylation is 2. The topological polar surface area (TPSA) is 78.0 Å². The zero-order valence-electron chi connectivity index (χ0n) is 10.3. The number of hydrogen-bond acceptors (Lipinski definition) is 3. The second kappa shape index (κ2) is 4.49. The van der Waals surface area contributed by atoms with Crippen molar-refractivity contribution < 1.29 is 9.90 Å². The molecule has 0 spiro atoms. The summed E-state index contributed by atoms with van der Waals surface area (Å²) in [6.07, 6.45) is 2.99. The van der Waals surface area contributed by atoms with Crippen LogP contribution in [-0.4, -0.2) is 26.8 Å². The van der Waals surface area contributed by atoms with E-state index in [1.807, 2.05) is 13.8 Å². The summed E-state index contributed by atoms with van der Waals surface area (Å²) >= 11 is 0. The summed E-state index contributed by atoms with van der Waals surface area (Å²) in [6, 6.07) is 0. The monoisotopic (exact) mass is 237 g/mol. The molecule has 17 heavy (non-hydrogen) atoms.